The smallest absolute Gasteiger partial charge is 0.121 e. The first-order valence-corrected chi connectivity index (χ1v) is 6.73. The van der Waals surface area contributed by atoms with Crippen LogP contribution in [0.3, 0.4) is 0 Å². The lowest BCUT2D eigenvalue weighted by Crippen LogP contribution is -2.44. The Labute approximate surface area is 110 Å². The van der Waals surface area contributed by atoms with E-state index in [0.29, 0.717) is 17.9 Å². The van der Waals surface area contributed by atoms with E-state index >= 15 is 0 Å². The van der Waals surface area contributed by atoms with Crippen molar-refractivity contribution in [1.29, 1.82) is 0 Å². The highest BCUT2D eigenvalue weighted by molar-refractivity contribution is 5.38. The minimum absolute atomic E-state index is 0.536. The molecule has 1 fully saturated rings. The summed E-state index contributed by atoms with van der Waals surface area (Å²) in [6.07, 6.45) is 1.16. The number of nitrogens with two attached hydrogens (primary N) is 1. The average molecular weight is 248 g/mol. The van der Waals surface area contributed by atoms with Crippen molar-refractivity contribution in [1.82, 2.24) is 5.32 Å². The minimum Gasteiger partial charge on any atom is -0.496 e. The van der Waals surface area contributed by atoms with Gasteiger partial charge in [0, 0.05) is 6.04 Å². The molecule has 1 aromatic carbocycles. The number of piperidine rings is 1. The Kier molecular flexibility index (Phi) is 4.25. The number of rotatable bonds is 3. The number of methoxy groups -OCH3 is 1. The molecule has 3 atom stereocenters. The van der Waals surface area contributed by atoms with Gasteiger partial charge in [-0.1, -0.05) is 12.1 Å². The Morgan fingerprint density at radius 3 is 2.83 bits per heavy atom. The average Bonchev–Trinajstić information content (AvgIpc) is 2.38. The normalized spacial score (nSPS) is 28.1. The summed E-state index contributed by atoms with van der Waals surface area (Å²) in [5.74, 6) is 2.06. The molecule has 100 valence electrons. The van der Waals surface area contributed by atoms with Crippen LogP contribution in [-0.4, -0.2) is 26.2 Å². The number of ether oxygens (including phenoxy) is 1. The quantitative estimate of drug-likeness (QED) is 0.860. The van der Waals surface area contributed by atoms with Crippen LogP contribution in [0.1, 0.15) is 30.4 Å². The predicted octanol–water partition coefficient (Wildman–Crippen LogP) is 2.04. The summed E-state index contributed by atoms with van der Waals surface area (Å²) in [6, 6.07) is 7.09. The summed E-state index contributed by atoms with van der Waals surface area (Å²) in [5, 5.41) is 3.52. The summed E-state index contributed by atoms with van der Waals surface area (Å²) in [7, 11) is 1.72. The number of nitrogens with one attached hydrogen (secondary N) is 1. The number of aryl methyl sites for hydroxylation is 1. The highest BCUT2D eigenvalue weighted by atomic mass is 16.5. The van der Waals surface area contributed by atoms with Crippen LogP contribution in [0.5, 0.6) is 5.75 Å². The van der Waals surface area contributed by atoms with Gasteiger partial charge in [0.1, 0.15) is 5.75 Å². The molecule has 1 aliphatic heterocycles. The SMILES string of the molecule is COc1ccc(C2CC(C)NCC2CN)cc1C. The highest BCUT2D eigenvalue weighted by Crippen LogP contribution is 2.34. The van der Waals surface area contributed by atoms with Gasteiger partial charge in [0.25, 0.3) is 0 Å². The fourth-order valence-corrected chi connectivity index (χ4v) is 2.94. The first-order valence-electron chi connectivity index (χ1n) is 6.73. The van der Waals surface area contributed by atoms with Crippen molar-refractivity contribution in [2.24, 2.45) is 11.7 Å². The van der Waals surface area contributed by atoms with Crippen molar-refractivity contribution in [3.63, 3.8) is 0 Å². The second kappa shape index (κ2) is 5.72. The Morgan fingerprint density at radius 2 is 2.22 bits per heavy atom. The number of benzene rings is 1. The summed E-state index contributed by atoms with van der Waals surface area (Å²) in [5.41, 5.74) is 8.51. The summed E-state index contributed by atoms with van der Waals surface area (Å²) in [4.78, 5) is 0. The molecule has 2 rings (SSSR count). The van der Waals surface area contributed by atoms with Crippen molar-refractivity contribution in [3.05, 3.63) is 29.3 Å². The van der Waals surface area contributed by atoms with Crippen molar-refractivity contribution in [3.8, 4) is 5.75 Å². The third-order valence-electron chi connectivity index (χ3n) is 4.05. The molecular weight excluding hydrogens is 224 g/mol. The van der Waals surface area contributed by atoms with E-state index in [0.717, 1.165) is 25.3 Å². The molecule has 0 spiro atoms. The first kappa shape index (κ1) is 13.4. The van der Waals surface area contributed by atoms with Crippen molar-refractivity contribution in [2.75, 3.05) is 20.2 Å². The van der Waals surface area contributed by atoms with Crippen LogP contribution in [0.25, 0.3) is 0 Å². The van der Waals surface area contributed by atoms with Gasteiger partial charge in [-0.2, -0.15) is 0 Å². The molecule has 3 unspecified atom stereocenters. The molecule has 0 bridgehead atoms. The Hall–Kier alpha value is -1.06. The third kappa shape index (κ3) is 2.68. The van der Waals surface area contributed by atoms with Gasteiger partial charge in [-0.15, -0.1) is 0 Å². The van der Waals surface area contributed by atoms with Crippen molar-refractivity contribution in [2.45, 2.75) is 32.2 Å². The van der Waals surface area contributed by atoms with Gasteiger partial charge in [0.2, 0.25) is 0 Å². The molecule has 18 heavy (non-hydrogen) atoms. The zero-order chi connectivity index (χ0) is 13.1. The number of hydrogen-bond acceptors (Lipinski definition) is 3. The summed E-state index contributed by atoms with van der Waals surface area (Å²) < 4.78 is 5.32. The zero-order valence-electron chi connectivity index (χ0n) is 11.6. The molecule has 0 radical (unpaired) electrons. The van der Waals surface area contributed by atoms with E-state index < -0.39 is 0 Å². The van der Waals surface area contributed by atoms with Crippen LogP contribution in [0.2, 0.25) is 0 Å². The maximum absolute atomic E-state index is 5.91. The Morgan fingerprint density at radius 1 is 1.44 bits per heavy atom. The maximum atomic E-state index is 5.91. The lowest BCUT2D eigenvalue weighted by Gasteiger charge is -2.35. The molecule has 3 N–H and O–H groups in total. The molecule has 0 saturated carbocycles. The van der Waals surface area contributed by atoms with Gasteiger partial charge < -0.3 is 15.8 Å². The van der Waals surface area contributed by atoms with E-state index in [1.165, 1.54) is 11.1 Å². The molecule has 1 saturated heterocycles. The molecule has 3 nitrogen and oxygen atoms in total. The summed E-state index contributed by atoms with van der Waals surface area (Å²) in [6.45, 7) is 6.11. The monoisotopic (exact) mass is 248 g/mol. The molecule has 3 heteroatoms. The van der Waals surface area contributed by atoms with Gasteiger partial charge in [-0.3, -0.25) is 0 Å². The Bertz CT molecular complexity index is 405. The van der Waals surface area contributed by atoms with Crippen LogP contribution < -0.4 is 15.8 Å². The van der Waals surface area contributed by atoms with Gasteiger partial charge in [-0.25, -0.2) is 0 Å². The van der Waals surface area contributed by atoms with Crippen LogP contribution >= 0.6 is 0 Å². The van der Waals surface area contributed by atoms with Gasteiger partial charge in [0.05, 0.1) is 7.11 Å². The molecular formula is C15H24N2O. The van der Waals surface area contributed by atoms with Crippen LogP contribution in [0.15, 0.2) is 18.2 Å². The minimum atomic E-state index is 0.536. The van der Waals surface area contributed by atoms with Crippen LogP contribution in [0.4, 0.5) is 0 Å². The third-order valence-corrected chi connectivity index (χ3v) is 4.05. The molecule has 0 aliphatic carbocycles. The second-order valence-corrected chi connectivity index (χ2v) is 5.38. The van der Waals surface area contributed by atoms with E-state index in [9.17, 15) is 0 Å². The first-order chi connectivity index (χ1) is 8.65. The lowest BCUT2D eigenvalue weighted by molar-refractivity contribution is 0.285. The second-order valence-electron chi connectivity index (χ2n) is 5.38. The standard InChI is InChI=1S/C15H24N2O/c1-10-6-12(4-5-15(10)18-3)14-7-11(2)17-9-13(14)8-16/h4-6,11,13-14,17H,7-9,16H2,1-3H3. The largest absolute Gasteiger partial charge is 0.496 e. The van der Waals surface area contributed by atoms with E-state index in [-0.39, 0.29) is 0 Å². The van der Waals surface area contributed by atoms with E-state index in [4.69, 9.17) is 10.5 Å². The lowest BCUT2D eigenvalue weighted by atomic mass is 9.78. The molecule has 1 heterocycles. The molecule has 1 aliphatic rings. The highest BCUT2D eigenvalue weighted by Gasteiger charge is 2.28. The molecule has 1 aromatic rings. The van der Waals surface area contributed by atoms with Crippen LogP contribution in [0, 0.1) is 12.8 Å². The van der Waals surface area contributed by atoms with Gasteiger partial charge in [0.15, 0.2) is 0 Å². The van der Waals surface area contributed by atoms with E-state index in [1.807, 2.05) is 0 Å². The van der Waals surface area contributed by atoms with Crippen LogP contribution in [-0.2, 0) is 0 Å². The predicted molar refractivity (Wildman–Crippen MR) is 75.1 cm³/mol. The van der Waals surface area contributed by atoms with Crippen molar-refractivity contribution < 1.29 is 4.74 Å². The van der Waals surface area contributed by atoms with Crippen molar-refractivity contribution >= 4 is 0 Å². The topological polar surface area (TPSA) is 47.3 Å². The molecule has 0 amide bonds. The van der Waals surface area contributed by atoms with Gasteiger partial charge in [-0.05, 0) is 62.4 Å². The fourth-order valence-electron chi connectivity index (χ4n) is 2.94. The summed E-state index contributed by atoms with van der Waals surface area (Å²) >= 11 is 0. The maximum Gasteiger partial charge on any atom is 0.121 e. The Balaban J connectivity index is 2.25. The van der Waals surface area contributed by atoms with Gasteiger partial charge >= 0.3 is 0 Å². The van der Waals surface area contributed by atoms with E-state index in [1.54, 1.807) is 7.11 Å². The fraction of sp³-hybridized carbons (Fsp3) is 0.600. The molecule has 0 aromatic heterocycles. The zero-order valence-corrected chi connectivity index (χ0v) is 11.6. The number of hydrogen-bond donors (Lipinski definition) is 2. The van der Waals surface area contributed by atoms with E-state index in [2.05, 4.69) is 37.4 Å².